The molecule has 0 aliphatic carbocycles. The van der Waals surface area contributed by atoms with Crippen LogP contribution < -0.4 is 9.64 Å². The van der Waals surface area contributed by atoms with E-state index in [1.807, 2.05) is 29.2 Å². The van der Waals surface area contributed by atoms with Gasteiger partial charge in [0.05, 0.1) is 13.7 Å². The molecule has 1 N–H and O–H groups in total. The predicted octanol–water partition coefficient (Wildman–Crippen LogP) is 3.09. The first kappa shape index (κ1) is 16.1. The molecule has 2 aromatic carbocycles. The van der Waals surface area contributed by atoms with E-state index in [2.05, 4.69) is 4.58 Å². The molecule has 4 rings (SSSR count). The largest absolute Gasteiger partial charge is 0.497 e. The van der Waals surface area contributed by atoms with Crippen molar-refractivity contribution in [3.8, 4) is 5.75 Å². The first-order chi connectivity index (χ1) is 12.1. The van der Waals surface area contributed by atoms with E-state index in [1.165, 1.54) is 12.1 Å². The maximum atomic E-state index is 13.4. The maximum Gasteiger partial charge on any atom is 0.275 e. The average Bonchev–Trinajstić information content (AvgIpc) is 2.95. The molecule has 0 fully saturated rings. The molecule has 0 spiro atoms. The van der Waals surface area contributed by atoms with E-state index >= 15 is 0 Å². The first-order valence-corrected chi connectivity index (χ1v) is 8.65. The molecule has 0 saturated carbocycles. The highest BCUT2D eigenvalue weighted by Crippen LogP contribution is 2.38. The third kappa shape index (κ3) is 2.68. The molecule has 0 radical (unpaired) electrons. The van der Waals surface area contributed by atoms with Crippen LogP contribution in [0.1, 0.15) is 24.8 Å². The highest BCUT2D eigenvalue weighted by atomic mass is 19.1. The van der Waals surface area contributed by atoms with Gasteiger partial charge in [0.15, 0.2) is 6.54 Å². The molecular weight excluding hydrogens is 319 g/mol. The van der Waals surface area contributed by atoms with Crippen LogP contribution in [-0.2, 0) is 5.72 Å². The van der Waals surface area contributed by atoms with Crippen LogP contribution in [0.5, 0.6) is 5.75 Å². The number of hydrogen-bond acceptors (Lipinski definition) is 3. The van der Waals surface area contributed by atoms with Gasteiger partial charge in [-0.2, -0.15) is 4.90 Å². The molecule has 0 unspecified atom stereocenters. The minimum absolute atomic E-state index is 0.299. The molecule has 0 aromatic heterocycles. The van der Waals surface area contributed by atoms with Crippen LogP contribution in [0.25, 0.3) is 0 Å². The van der Waals surface area contributed by atoms with E-state index in [-0.39, 0.29) is 5.82 Å². The Labute approximate surface area is 146 Å². The van der Waals surface area contributed by atoms with Crippen molar-refractivity contribution in [2.75, 3.05) is 25.1 Å². The fourth-order valence-corrected chi connectivity index (χ4v) is 3.88. The van der Waals surface area contributed by atoms with E-state index in [0.29, 0.717) is 12.1 Å². The Kier molecular flexibility index (Phi) is 3.96. The van der Waals surface area contributed by atoms with Crippen LogP contribution in [0, 0.1) is 5.82 Å². The van der Waals surface area contributed by atoms with Gasteiger partial charge in [-0.1, -0.05) is 0 Å². The van der Waals surface area contributed by atoms with E-state index in [9.17, 15) is 9.50 Å². The predicted molar refractivity (Wildman–Crippen MR) is 94.6 cm³/mol. The summed E-state index contributed by atoms with van der Waals surface area (Å²) in [6.45, 7) is 1.42. The lowest BCUT2D eigenvalue weighted by Gasteiger charge is -2.29. The van der Waals surface area contributed by atoms with Crippen molar-refractivity contribution in [2.24, 2.45) is 0 Å². The van der Waals surface area contributed by atoms with Crippen LogP contribution in [0.3, 0.4) is 0 Å². The van der Waals surface area contributed by atoms with Gasteiger partial charge >= 0.3 is 0 Å². The summed E-state index contributed by atoms with van der Waals surface area (Å²) in [7, 11) is 1.64. The Morgan fingerprint density at radius 1 is 1.08 bits per heavy atom. The summed E-state index contributed by atoms with van der Waals surface area (Å²) >= 11 is 0. The van der Waals surface area contributed by atoms with Gasteiger partial charge in [0.2, 0.25) is 0 Å². The number of nitrogens with zero attached hydrogens (tertiary/aromatic N) is 2. The van der Waals surface area contributed by atoms with Gasteiger partial charge in [0.25, 0.3) is 11.6 Å². The first-order valence-electron chi connectivity index (χ1n) is 8.65. The molecule has 0 bridgehead atoms. The zero-order valence-electron chi connectivity index (χ0n) is 14.3. The molecule has 1 atom stereocenters. The second-order valence-electron chi connectivity index (χ2n) is 6.65. The van der Waals surface area contributed by atoms with Crippen molar-refractivity contribution >= 4 is 11.5 Å². The lowest BCUT2D eigenvalue weighted by Crippen LogP contribution is -2.47. The number of hydrogen-bond donors (Lipinski definition) is 1. The molecule has 0 saturated heterocycles. The summed E-state index contributed by atoms with van der Waals surface area (Å²) in [5, 5.41) is 11.6. The van der Waals surface area contributed by atoms with Crippen molar-refractivity contribution in [1.29, 1.82) is 0 Å². The van der Waals surface area contributed by atoms with Gasteiger partial charge in [-0.3, -0.25) is 4.58 Å². The zero-order chi connectivity index (χ0) is 17.4. The third-order valence-corrected chi connectivity index (χ3v) is 5.12. The van der Waals surface area contributed by atoms with E-state index in [1.54, 1.807) is 19.2 Å². The summed E-state index contributed by atoms with van der Waals surface area (Å²) in [4.78, 5) is 2.00. The Morgan fingerprint density at radius 2 is 1.80 bits per heavy atom. The zero-order valence-corrected chi connectivity index (χ0v) is 14.3. The molecule has 25 heavy (non-hydrogen) atoms. The summed E-state index contributed by atoms with van der Waals surface area (Å²) in [6, 6.07) is 13.9. The maximum absolute atomic E-state index is 13.4. The van der Waals surface area contributed by atoms with Crippen LogP contribution in [-0.4, -0.2) is 35.7 Å². The van der Waals surface area contributed by atoms with Gasteiger partial charge in [0, 0.05) is 12.0 Å². The Hall–Kier alpha value is -2.40. The smallest absolute Gasteiger partial charge is 0.275 e. The number of methoxy groups -OCH3 is 1. The Bertz CT molecular complexity index is 801. The monoisotopic (exact) mass is 341 g/mol. The number of halogens is 1. The van der Waals surface area contributed by atoms with Gasteiger partial charge in [-0.25, -0.2) is 4.39 Å². The number of anilines is 1. The fourth-order valence-electron chi connectivity index (χ4n) is 3.88. The standard InChI is InChI=1S/C20H22FN2O2/c1-25-18-11-9-17(10-12-18)23-19-4-2-3-13-22(19)14-20(23,24)15-5-7-16(21)8-6-15/h5-12,24H,2-4,13-14H2,1H3/q+1/t20-/m1/s1. The SMILES string of the molecule is COc1ccc(N2C3=[N+](CCCC3)C[C@@]2(O)c2ccc(F)cc2)cc1. The molecule has 2 heterocycles. The summed E-state index contributed by atoms with van der Waals surface area (Å²) in [6.07, 6.45) is 3.16. The third-order valence-electron chi connectivity index (χ3n) is 5.12. The highest BCUT2D eigenvalue weighted by Gasteiger charge is 2.54. The van der Waals surface area contributed by atoms with Crippen LogP contribution in [0.15, 0.2) is 48.5 Å². The quantitative estimate of drug-likeness (QED) is 0.872. The van der Waals surface area contributed by atoms with E-state index in [4.69, 9.17) is 4.74 Å². The molecule has 0 amide bonds. The van der Waals surface area contributed by atoms with Crippen LogP contribution in [0.2, 0.25) is 0 Å². The lowest BCUT2D eigenvalue weighted by atomic mass is 10.0. The second kappa shape index (κ2) is 6.15. The van der Waals surface area contributed by atoms with E-state index < -0.39 is 5.72 Å². The molecule has 2 aliphatic rings. The van der Waals surface area contributed by atoms with Crippen molar-refractivity contribution in [3.63, 3.8) is 0 Å². The number of amidine groups is 1. The molecule has 4 nitrogen and oxygen atoms in total. The van der Waals surface area contributed by atoms with Gasteiger partial charge in [-0.15, -0.1) is 0 Å². The lowest BCUT2D eigenvalue weighted by molar-refractivity contribution is -0.538. The Balaban J connectivity index is 1.81. The van der Waals surface area contributed by atoms with Gasteiger partial charge in [-0.05, 0) is 61.4 Å². The van der Waals surface area contributed by atoms with Gasteiger partial charge < -0.3 is 9.84 Å². The topological polar surface area (TPSA) is 35.7 Å². The number of rotatable bonds is 3. The number of ether oxygens (including phenoxy) is 1. The summed E-state index contributed by atoms with van der Waals surface area (Å²) < 4.78 is 20.9. The van der Waals surface area contributed by atoms with Gasteiger partial charge in [0.1, 0.15) is 17.3 Å². The van der Waals surface area contributed by atoms with Crippen molar-refractivity contribution in [1.82, 2.24) is 0 Å². The van der Waals surface area contributed by atoms with Crippen molar-refractivity contribution < 1.29 is 18.8 Å². The van der Waals surface area contributed by atoms with E-state index in [0.717, 1.165) is 43.1 Å². The van der Waals surface area contributed by atoms with Crippen LogP contribution in [0.4, 0.5) is 10.1 Å². The molecular formula is C20H22FN2O2+. The van der Waals surface area contributed by atoms with Crippen LogP contribution >= 0.6 is 0 Å². The molecule has 130 valence electrons. The molecule has 2 aliphatic heterocycles. The minimum Gasteiger partial charge on any atom is -0.497 e. The number of benzene rings is 2. The highest BCUT2D eigenvalue weighted by molar-refractivity contribution is 5.97. The summed E-state index contributed by atoms with van der Waals surface area (Å²) in [5.41, 5.74) is 0.403. The van der Waals surface area contributed by atoms with Crippen molar-refractivity contribution in [2.45, 2.75) is 25.0 Å². The number of aliphatic hydroxyl groups is 1. The molecule has 2 aromatic rings. The average molecular weight is 341 g/mol. The minimum atomic E-state index is -1.21. The summed E-state index contributed by atoms with van der Waals surface area (Å²) in [5.74, 6) is 1.61. The second-order valence-corrected chi connectivity index (χ2v) is 6.65. The molecule has 5 heteroatoms. The fraction of sp³-hybridized carbons (Fsp3) is 0.350. The van der Waals surface area contributed by atoms with Crippen molar-refractivity contribution in [3.05, 3.63) is 59.9 Å². The normalized spacial score (nSPS) is 22.9. The Morgan fingerprint density at radius 3 is 2.48 bits per heavy atom.